The fourth-order valence-corrected chi connectivity index (χ4v) is 3.51. The van der Waals surface area contributed by atoms with Crippen LogP contribution in [0.25, 0.3) is 0 Å². The molecule has 2 aliphatic rings. The van der Waals surface area contributed by atoms with Crippen LogP contribution in [0.4, 0.5) is 0 Å². The molecule has 2 heterocycles. The lowest BCUT2D eigenvalue weighted by atomic mass is 9.94. The number of hydrogen-bond donors (Lipinski definition) is 1. The fourth-order valence-electron chi connectivity index (χ4n) is 3.51. The van der Waals surface area contributed by atoms with E-state index in [9.17, 15) is 10.5 Å². The van der Waals surface area contributed by atoms with E-state index in [0.29, 0.717) is 5.69 Å². The van der Waals surface area contributed by atoms with Gasteiger partial charge in [0.1, 0.15) is 5.84 Å². The lowest BCUT2D eigenvalue weighted by molar-refractivity contribution is -0.230. The molecule has 1 aromatic rings. The Bertz CT molecular complexity index is 700. The van der Waals surface area contributed by atoms with Crippen LogP contribution in [-0.2, 0) is 9.47 Å². The minimum Gasteiger partial charge on any atom is -0.386 e. The second-order valence-corrected chi connectivity index (χ2v) is 5.01. The quantitative estimate of drug-likeness (QED) is 0.808. The number of nitrogens with zero attached hydrogens (tertiary/aromatic N) is 4. The molecule has 0 saturated heterocycles. The van der Waals surface area contributed by atoms with Crippen molar-refractivity contribution in [3.63, 3.8) is 0 Å². The maximum Gasteiger partial charge on any atom is 0.292 e. The smallest absolute Gasteiger partial charge is 0.292 e. The van der Waals surface area contributed by atoms with E-state index in [4.69, 9.17) is 15.2 Å². The van der Waals surface area contributed by atoms with Crippen LogP contribution in [0.15, 0.2) is 29.4 Å². The second kappa shape index (κ2) is 4.01. The molecule has 3 rings (SSSR count). The summed E-state index contributed by atoms with van der Waals surface area (Å²) in [6.07, 6.45) is 1.61. The number of methoxy groups -OCH3 is 2. The Morgan fingerprint density at radius 3 is 2.43 bits per heavy atom. The highest BCUT2D eigenvalue weighted by Crippen LogP contribution is 2.81. The van der Waals surface area contributed by atoms with Gasteiger partial charge in [-0.25, -0.2) is 4.99 Å². The van der Waals surface area contributed by atoms with Gasteiger partial charge < -0.3 is 15.2 Å². The zero-order valence-corrected chi connectivity index (χ0v) is 11.6. The number of nitrogens with two attached hydrogens (primary N) is 1. The largest absolute Gasteiger partial charge is 0.386 e. The molecule has 0 aromatic carbocycles. The standard InChI is InChI=1S/C14H13N5O2/c1-20-14(21-2)13(8-16)10(9-5-3-4-6-18-9)12(13,7-15)11(17)19-14/h3-6,10H,1-2H3,(H2,17,19). The van der Waals surface area contributed by atoms with Gasteiger partial charge in [-0.1, -0.05) is 6.07 Å². The highest BCUT2D eigenvalue weighted by Gasteiger charge is 2.94. The molecule has 1 aromatic heterocycles. The molecular weight excluding hydrogens is 270 g/mol. The number of nitriles is 2. The Morgan fingerprint density at radius 1 is 1.24 bits per heavy atom. The number of hydrogen-bond acceptors (Lipinski definition) is 7. The molecule has 0 radical (unpaired) electrons. The first kappa shape index (κ1) is 13.5. The summed E-state index contributed by atoms with van der Waals surface area (Å²) in [6, 6.07) is 9.63. The Labute approximate surface area is 121 Å². The zero-order chi connectivity index (χ0) is 15.3. The SMILES string of the molecule is COC1(OC)N=C(N)C2(C#N)C(c3ccccn3)C12C#N. The van der Waals surface area contributed by atoms with E-state index in [-0.39, 0.29) is 5.84 Å². The zero-order valence-electron chi connectivity index (χ0n) is 11.6. The fraction of sp³-hybridized carbons (Fsp3) is 0.429. The molecule has 7 heteroatoms. The van der Waals surface area contributed by atoms with Crippen molar-refractivity contribution < 1.29 is 9.47 Å². The van der Waals surface area contributed by atoms with Crippen molar-refractivity contribution in [2.75, 3.05) is 14.2 Å². The molecule has 0 amide bonds. The summed E-state index contributed by atoms with van der Waals surface area (Å²) >= 11 is 0. The lowest BCUT2D eigenvalue weighted by Gasteiger charge is -2.29. The molecule has 106 valence electrons. The molecule has 21 heavy (non-hydrogen) atoms. The number of ether oxygens (including phenoxy) is 2. The minimum absolute atomic E-state index is 0.0471. The van der Waals surface area contributed by atoms with Gasteiger partial charge in [0.15, 0.2) is 10.8 Å². The van der Waals surface area contributed by atoms with Crippen molar-refractivity contribution in [2.24, 2.45) is 21.6 Å². The van der Waals surface area contributed by atoms with Crippen molar-refractivity contribution in [3.05, 3.63) is 30.1 Å². The van der Waals surface area contributed by atoms with Crippen LogP contribution in [0.3, 0.4) is 0 Å². The molecule has 0 spiro atoms. The molecule has 1 saturated carbocycles. The monoisotopic (exact) mass is 283 g/mol. The average molecular weight is 283 g/mol. The van der Waals surface area contributed by atoms with Gasteiger partial charge in [-0.3, -0.25) is 4.98 Å². The van der Waals surface area contributed by atoms with Gasteiger partial charge in [-0.2, -0.15) is 10.5 Å². The van der Waals surface area contributed by atoms with E-state index < -0.39 is 22.7 Å². The Balaban J connectivity index is 2.26. The summed E-state index contributed by atoms with van der Waals surface area (Å²) in [7, 11) is 2.75. The van der Waals surface area contributed by atoms with Gasteiger partial charge in [-0.05, 0) is 12.1 Å². The van der Waals surface area contributed by atoms with Gasteiger partial charge in [0.2, 0.25) is 0 Å². The van der Waals surface area contributed by atoms with Crippen LogP contribution < -0.4 is 5.73 Å². The molecule has 1 aliphatic carbocycles. The summed E-state index contributed by atoms with van der Waals surface area (Å²) in [5.74, 6) is -2.09. The first-order chi connectivity index (χ1) is 10.1. The van der Waals surface area contributed by atoms with E-state index in [1.54, 1.807) is 24.4 Å². The van der Waals surface area contributed by atoms with Crippen molar-refractivity contribution in [2.45, 2.75) is 11.8 Å². The summed E-state index contributed by atoms with van der Waals surface area (Å²) in [5, 5.41) is 19.5. The Morgan fingerprint density at radius 2 is 1.95 bits per heavy atom. The molecule has 7 nitrogen and oxygen atoms in total. The molecule has 3 atom stereocenters. The van der Waals surface area contributed by atoms with Crippen LogP contribution >= 0.6 is 0 Å². The van der Waals surface area contributed by atoms with Crippen LogP contribution in [0.1, 0.15) is 11.6 Å². The lowest BCUT2D eigenvalue weighted by Crippen LogP contribution is -2.41. The van der Waals surface area contributed by atoms with E-state index in [1.807, 2.05) is 0 Å². The van der Waals surface area contributed by atoms with E-state index in [0.717, 1.165) is 0 Å². The first-order valence-electron chi connectivity index (χ1n) is 6.29. The summed E-state index contributed by atoms with van der Waals surface area (Å²) in [5.41, 5.74) is 3.95. The summed E-state index contributed by atoms with van der Waals surface area (Å²) in [4.78, 5) is 8.38. The number of rotatable bonds is 3. The molecule has 1 aliphatic heterocycles. The number of pyridine rings is 1. The maximum atomic E-state index is 9.79. The number of amidine groups is 1. The highest BCUT2D eigenvalue weighted by atomic mass is 16.7. The van der Waals surface area contributed by atoms with Crippen LogP contribution in [0.5, 0.6) is 0 Å². The molecule has 1 fully saturated rings. The maximum absolute atomic E-state index is 9.79. The van der Waals surface area contributed by atoms with Crippen LogP contribution in [0, 0.1) is 33.5 Å². The van der Waals surface area contributed by atoms with Gasteiger partial charge in [-0.15, -0.1) is 0 Å². The Hall–Kier alpha value is -2.48. The molecule has 3 unspecified atom stereocenters. The van der Waals surface area contributed by atoms with Gasteiger partial charge in [0, 0.05) is 26.1 Å². The molecule has 0 bridgehead atoms. The normalized spacial score (nSPS) is 35.2. The number of aromatic nitrogens is 1. The third-order valence-electron chi connectivity index (χ3n) is 4.46. The van der Waals surface area contributed by atoms with Gasteiger partial charge in [0.05, 0.1) is 18.1 Å². The van der Waals surface area contributed by atoms with Crippen LogP contribution in [-0.4, -0.2) is 31.0 Å². The van der Waals surface area contributed by atoms with Gasteiger partial charge >= 0.3 is 0 Å². The minimum atomic E-state index is -1.59. The average Bonchev–Trinajstić information content (AvgIpc) is 3.11. The molecule has 2 N–H and O–H groups in total. The second-order valence-electron chi connectivity index (χ2n) is 5.01. The van der Waals surface area contributed by atoms with Crippen molar-refractivity contribution >= 4 is 5.84 Å². The molecular formula is C14H13N5O2. The van der Waals surface area contributed by atoms with E-state index >= 15 is 0 Å². The topological polar surface area (TPSA) is 117 Å². The van der Waals surface area contributed by atoms with Crippen LogP contribution in [0.2, 0.25) is 0 Å². The van der Waals surface area contributed by atoms with Gasteiger partial charge in [0.25, 0.3) is 5.91 Å². The number of aliphatic imine (C=N–C) groups is 1. The predicted molar refractivity (Wildman–Crippen MR) is 71.4 cm³/mol. The highest BCUT2D eigenvalue weighted by molar-refractivity contribution is 6.00. The van der Waals surface area contributed by atoms with Crippen molar-refractivity contribution in [1.29, 1.82) is 10.5 Å². The van der Waals surface area contributed by atoms with E-state index in [1.165, 1.54) is 14.2 Å². The first-order valence-corrected chi connectivity index (χ1v) is 6.29. The summed E-state index contributed by atoms with van der Waals surface area (Å²) in [6.45, 7) is 0. The Kier molecular flexibility index (Phi) is 2.58. The summed E-state index contributed by atoms with van der Waals surface area (Å²) < 4.78 is 10.7. The van der Waals surface area contributed by atoms with Crippen molar-refractivity contribution in [1.82, 2.24) is 4.98 Å². The third kappa shape index (κ3) is 1.15. The van der Waals surface area contributed by atoms with E-state index in [2.05, 4.69) is 22.1 Å². The third-order valence-corrected chi connectivity index (χ3v) is 4.46. The van der Waals surface area contributed by atoms with Crippen molar-refractivity contribution in [3.8, 4) is 12.1 Å². The predicted octanol–water partition coefficient (Wildman–Crippen LogP) is 0.516. The number of fused-ring (bicyclic) bond motifs is 1.